The minimum atomic E-state index is -3.34. The second kappa shape index (κ2) is 12.0. The molecule has 1 aromatic rings. The van der Waals surface area contributed by atoms with Crippen LogP contribution in [0.1, 0.15) is 58.3 Å². The van der Waals surface area contributed by atoms with Crippen LogP contribution in [-0.2, 0) is 14.8 Å². The number of nitrogens with zero attached hydrogens (tertiary/aromatic N) is 2. The highest BCUT2D eigenvalue weighted by atomic mass is 32.2. The third-order valence-electron chi connectivity index (χ3n) is 6.89. The summed E-state index contributed by atoms with van der Waals surface area (Å²) in [5, 5.41) is 2.96. The largest absolute Gasteiger partial charge is 0.369 e. The zero-order chi connectivity index (χ0) is 23.0. The molecule has 32 heavy (non-hydrogen) atoms. The van der Waals surface area contributed by atoms with Gasteiger partial charge < -0.3 is 10.2 Å². The van der Waals surface area contributed by atoms with E-state index >= 15 is 0 Å². The van der Waals surface area contributed by atoms with Gasteiger partial charge in [-0.3, -0.25) is 4.79 Å². The number of carbonyl (C=O) groups excluding carboxylic acids is 1. The molecule has 1 aromatic carbocycles. The maximum absolute atomic E-state index is 13.1. The van der Waals surface area contributed by atoms with Crippen LogP contribution < -0.4 is 10.2 Å². The maximum Gasteiger partial charge on any atom is 0.223 e. The maximum atomic E-state index is 13.1. The molecule has 3 rings (SSSR count). The van der Waals surface area contributed by atoms with Gasteiger partial charge in [-0.25, -0.2) is 12.8 Å². The topological polar surface area (TPSA) is 69.7 Å². The van der Waals surface area contributed by atoms with Crippen LogP contribution in [0.25, 0.3) is 0 Å². The molecule has 0 atom stereocenters. The summed E-state index contributed by atoms with van der Waals surface area (Å²) in [5.41, 5.74) is 0.908. The smallest absolute Gasteiger partial charge is 0.223 e. The third kappa shape index (κ3) is 7.17. The van der Waals surface area contributed by atoms with Gasteiger partial charge in [0.15, 0.2) is 0 Å². The number of carbonyl (C=O) groups is 1. The lowest BCUT2D eigenvalue weighted by molar-refractivity contribution is -0.126. The first kappa shape index (κ1) is 25.0. The van der Waals surface area contributed by atoms with Crippen LogP contribution in [0.5, 0.6) is 0 Å². The summed E-state index contributed by atoms with van der Waals surface area (Å²) >= 11 is 0. The average molecular weight is 468 g/mol. The molecule has 2 aliphatic rings. The van der Waals surface area contributed by atoms with E-state index in [2.05, 4.69) is 17.1 Å². The Kier molecular flexibility index (Phi) is 9.34. The Labute approximate surface area is 192 Å². The van der Waals surface area contributed by atoms with Crippen molar-refractivity contribution in [2.45, 2.75) is 58.3 Å². The van der Waals surface area contributed by atoms with E-state index in [-0.39, 0.29) is 23.4 Å². The van der Waals surface area contributed by atoms with Crippen molar-refractivity contribution in [3.05, 3.63) is 30.1 Å². The molecule has 0 radical (unpaired) electrons. The summed E-state index contributed by atoms with van der Waals surface area (Å²) in [5.74, 6) is 0.718. The number of rotatable bonds is 10. The molecule has 1 amide bonds. The molecule has 0 aromatic heterocycles. The van der Waals surface area contributed by atoms with Crippen molar-refractivity contribution in [3.8, 4) is 0 Å². The first-order valence-corrected chi connectivity index (χ1v) is 13.8. The number of hydrogen-bond acceptors (Lipinski definition) is 4. The lowest BCUT2D eigenvalue weighted by Gasteiger charge is -2.35. The van der Waals surface area contributed by atoms with Gasteiger partial charge >= 0.3 is 0 Å². The molecular formula is C24H38FN3O3S. The molecule has 180 valence electrons. The quantitative estimate of drug-likeness (QED) is 0.532. The molecular weight excluding hydrogens is 429 g/mol. The number of benzene rings is 1. The van der Waals surface area contributed by atoms with Gasteiger partial charge in [-0.05, 0) is 62.3 Å². The molecule has 6 nitrogen and oxygen atoms in total. The Morgan fingerprint density at radius 1 is 1.03 bits per heavy atom. The highest BCUT2D eigenvalue weighted by Gasteiger charge is 2.28. The Balaban J connectivity index is 1.33. The predicted octanol–water partition coefficient (Wildman–Crippen LogP) is 3.78. The molecule has 8 heteroatoms. The number of halogens is 1. The van der Waals surface area contributed by atoms with Crippen molar-refractivity contribution >= 4 is 21.6 Å². The van der Waals surface area contributed by atoms with Gasteiger partial charge in [0, 0.05) is 44.3 Å². The highest BCUT2D eigenvalue weighted by molar-refractivity contribution is 7.89. The van der Waals surface area contributed by atoms with E-state index in [1.807, 2.05) is 0 Å². The summed E-state index contributed by atoms with van der Waals surface area (Å²) in [7, 11) is -3.34. The standard InChI is InChI=1S/C24H38FN3O3S/c1-2-3-5-20-6-8-21(9-7-20)24(29)26-14-4-19-32(30,31)28-17-15-27(16-18-28)23-12-10-22(25)11-13-23/h10-13,20-21H,2-9,14-19H2,1H3,(H,26,29). The third-order valence-corrected chi connectivity index (χ3v) is 8.84. The van der Waals surface area contributed by atoms with E-state index in [1.165, 1.54) is 35.7 Å². The van der Waals surface area contributed by atoms with Crippen LogP contribution in [0.15, 0.2) is 24.3 Å². The molecule has 0 spiro atoms. The summed E-state index contributed by atoms with van der Waals surface area (Å²) in [6.07, 6.45) is 8.39. The number of piperazine rings is 1. The Hall–Kier alpha value is -1.67. The number of hydrogen-bond donors (Lipinski definition) is 1. The molecule has 0 bridgehead atoms. The van der Waals surface area contributed by atoms with Crippen LogP contribution in [0.4, 0.5) is 10.1 Å². The van der Waals surface area contributed by atoms with Crippen LogP contribution >= 0.6 is 0 Å². The van der Waals surface area contributed by atoms with Crippen molar-refractivity contribution in [3.63, 3.8) is 0 Å². The number of anilines is 1. The van der Waals surface area contributed by atoms with E-state index in [1.54, 1.807) is 12.1 Å². The molecule has 1 aliphatic heterocycles. The second-order valence-electron chi connectivity index (χ2n) is 9.18. The monoisotopic (exact) mass is 467 g/mol. The minimum Gasteiger partial charge on any atom is -0.369 e. The van der Waals surface area contributed by atoms with E-state index in [4.69, 9.17) is 0 Å². The summed E-state index contributed by atoms with van der Waals surface area (Å²) < 4.78 is 40.0. The Morgan fingerprint density at radius 3 is 2.31 bits per heavy atom. The van der Waals surface area contributed by atoms with Crippen molar-refractivity contribution in [1.82, 2.24) is 9.62 Å². The van der Waals surface area contributed by atoms with Crippen molar-refractivity contribution in [2.24, 2.45) is 11.8 Å². The van der Waals surface area contributed by atoms with Gasteiger partial charge in [-0.2, -0.15) is 4.31 Å². The van der Waals surface area contributed by atoms with Gasteiger partial charge in [-0.15, -0.1) is 0 Å². The highest BCUT2D eigenvalue weighted by Crippen LogP contribution is 2.32. The van der Waals surface area contributed by atoms with Gasteiger partial charge in [0.25, 0.3) is 0 Å². The number of amides is 1. The summed E-state index contributed by atoms with van der Waals surface area (Å²) in [4.78, 5) is 14.5. The molecule has 1 saturated carbocycles. The fraction of sp³-hybridized carbons (Fsp3) is 0.708. The fourth-order valence-electron chi connectivity index (χ4n) is 4.82. The van der Waals surface area contributed by atoms with Crippen LogP contribution in [0.2, 0.25) is 0 Å². The molecule has 2 fully saturated rings. The van der Waals surface area contributed by atoms with Crippen molar-refractivity contribution in [2.75, 3.05) is 43.4 Å². The second-order valence-corrected chi connectivity index (χ2v) is 11.3. The van der Waals surface area contributed by atoms with Gasteiger partial charge in [-0.1, -0.05) is 26.2 Å². The van der Waals surface area contributed by atoms with Gasteiger partial charge in [0.05, 0.1) is 5.75 Å². The summed E-state index contributed by atoms with van der Waals surface area (Å²) in [6, 6.07) is 6.29. The number of unbranched alkanes of at least 4 members (excludes halogenated alkanes) is 1. The summed E-state index contributed by atoms with van der Waals surface area (Å²) in [6.45, 7) is 4.64. The lowest BCUT2D eigenvalue weighted by Crippen LogP contribution is -2.49. The lowest BCUT2D eigenvalue weighted by atomic mass is 9.79. The van der Waals surface area contributed by atoms with Crippen LogP contribution in [0, 0.1) is 17.7 Å². The van der Waals surface area contributed by atoms with E-state index in [0.29, 0.717) is 39.1 Å². The SMILES string of the molecule is CCCCC1CCC(C(=O)NCCCS(=O)(=O)N2CCN(c3ccc(F)cc3)CC2)CC1. The van der Waals surface area contributed by atoms with Gasteiger partial charge in [0.1, 0.15) is 5.82 Å². The molecule has 1 heterocycles. The van der Waals surface area contributed by atoms with Crippen molar-refractivity contribution < 1.29 is 17.6 Å². The van der Waals surface area contributed by atoms with Crippen molar-refractivity contribution in [1.29, 1.82) is 0 Å². The average Bonchev–Trinajstić information content (AvgIpc) is 2.81. The molecule has 1 N–H and O–H groups in total. The first-order chi connectivity index (χ1) is 15.4. The molecule has 0 unspecified atom stereocenters. The first-order valence-electron chi connectivity index (χ1n) is 12.1. The zero-order valence-corrected chi connectivity index (χ0v) is 20.1. The minimum absolute atomic E-state index is 0.0492. The van der Waals surface area contributed by atoms with Gasteiger partial charge in [0.2, 0.25) is 15.9 Å². The Morgan fingerprint density at radius 2 is 1.69 bits per heavy atom. The zero-order valence-electron chi connectivity index (χ0n) is 19.3. The number of nitrogens with one attached hydrogen (secondary N) is 1. The molecule has 1 saturated heterocycles. The van der Waals surface area contributed by atoms with Crippen LogP contribution in [-0.4, -0.2) is 57.1 Å². The predicted molar refractivity (Wildman–Crippen MR) is 127 cm³/mol. The molecule has 1 aliphatic carbocycles. The normalized spacial score (nSPS) is 22.6. The van der Waals surface area contributed by atoms with Crippen LogP contribution in [0.3, 0.4) is 0 Å². The van der Waals surface area contributed by atoms with E-state index in [9.17, 15) is 17.6 Å². The van der Waals surface area contributed by atoms with E-state index < -0.39 is 10.0 Å². The van der Waals surface area contributed by atoms with E-state index in [0.717, 1.165) is 37.3 Å². The number of sulfonamides is 1. The fourth-order valence-corrected chi connectivity index (χ4v) is 6.31. The Bertz CT molecular complexity index is 815.